The van der Waals surface area contributed by atoms with Gasteiger partial charge in [-0.05, 0) is 38.5 Å². The Labute approximate surface area is 142 Å². The summed E-state index contributed by atoms with van der Waals surface area (Å²) in [4.78, 5) is 35.8. The number of aromatic nitrogens is 2. The van der Waals surface area contributed by atoms with Crippen molar-refractivity contribution in [2.75, 3.05) is 26.2 Å². The van der Waals surface area contributed by atoms with Crippen LogP contribution in [0.2, 0.25) is 0 Å². The second-order valence-electron chi connectivity index (χ2n) is 6.84. The van der Waals surface area contributed by atoms with Crippen molar-refractivity contribution < 1.29 is 14.7 Å². The summed E-state index contributed by atoms with van der Waals surface area (Å²) in [6, 6.07) is 0.229. The van der Waals surface area contributed by atoms with Crippen LogP contribution in [0.5, 0.6) is 0 Å². The van der Waals surface area contributed by atoms with Crippen LogP contribution >= 0.6 is 0 Å². The highest BCUT2D eigenvalue weighted by atomic mass is 16.3. The number of carbonyl (C=O) groups is 2. The lowest BCUT2D eigenvalue weighted by atomic mass is 9.83. The van der Waals surface area contributed by atoms with E-state index < -0.39 is 0 Å². The summed E-state index contributed by atoms with van der Waals surface area (Å²) in [6.45, 7) is 4.11. The molecule has 0 aromatic carbocycles. The second kappa shape index (κ2) is 7.34. The number of unbranched alkanes of at least 4 members (excludes halogenated alkanes) is 1. The average Bonchev–Trinajstić information content (AvgIpc) is 3.02. The number of nitrogens with zero attached hydrogens (tertiary/aromatic N) is 3. The summed E-state index contributed by atoms with van der Waals surface area (Å²) >= 11 is 0. The van der Waals surface area contributed by atoms with Gasteiger partial charge in [-0.1, -0.05) is 0 Å². The van der Waals surface area contributed by atoms with Crippen molar-refractivity contribution in [3.8, 4) is 0 Å². The van der Waals surface area contributed by atoms with Gasteiger partial charge < -0.3 is 19.9 Å². The van der Waals surface area contributed by atoms with E-state index in [-0.39, 0.29) is 24.5 Å². The van der Waals surface area contributed by atoms with Crippen LogP contribution in [-0.2, 0) is 4.79 Å². The Morgan fingerprint density at radius 1 is 1.42 bits per heavy atom. The highest BCUT2D eigenvalue weighted by molar-refractivity contribution is 5.90. The molecule has 2 aliphatic heterocycles. The lowest BCUT2D eigenvalue weighted by Crippen LogP contribution is -2.57. The van der Waals surface area contributed by atoms with Crippen LogP contribution in [0.1, 0.15) is 48.4 Å². The first-order valence-electron chi connectivity index (χ1n) is 8.81. The minimum Gasteiger partial charge on any atom is -0.396 e. The first kappa shape index (κ1) is 17.0. The predicted molar refractivity (Wildman–Crippen MR) is 88.4 cm³/mol. The van der Waals surface area contributed by atoms with Gasteiger partial charge in [-0.25, -0.2) is 4.98 Å². The maximum Gasteiger partial charge on any atom is 0.289 e. The molecule has 24 heavy (non-hydrogen) atoms. The monoisotopic (exact) mass is 334 g/mol. The van der Waals surface area contributed by atoms with Crippen LogP contribution in [0.3, 0.4) is 0 Å². The van der Waals surface area contributed by atoms with E-state index in [1.807, 2.05) is 16.7 Å². The van der Waals surface area contributed by atoms with E-state index in [9.17, 15) is 9.59 Å². The topological polar surface area (TPSA) is 89.5 Å². The predicted octanol–water partition coefficient (Wildman–Crippen LogP) is 0.944. The fraction of sp³-hybridized carbons (Fsp3) is 0.706. The summed E-state index contributed by atoms with van der Waals surface area (Å²) in [7, 11) is 0. The second-order valence-corrected chi connectivity index (χ2v) is 6.84. The lowest BCUT2D eigenvalue weighted by molar-refractivity contribution is -0.140. The Balaban J connectivity index is 1.63. The zero-order valence-corrected chi connectivity index (χ0v) is 14.2. The van der Waals surface area contributed by atoms with Crippen molar-refractivity contribution in [2.45, 2.75) is 45.1 Å². The Morgan fingerprint density at radius 3 is 2.96 bits per heavy atom. The molecule has 2 amide bonds. The van der Waals surface area contributed by atoms with Crippen LogP contribution < -0.4 is 0 Å². The fourth-order valence-electron chi connectivity index (χ4n) is 3.89. The molecule has 0 unspecified atom stereocenters. The van der Waals surface area contributed by atoms with Crippen LogP contribution in [0.25, 0.3) is 0 Å². The minimum atomic E-state index is -0.0507. The van der Waals surface area contributed by atoms with E-state index in [1.165, 1.54) is 0 Å². The van der Waals surface area contributed by atoms with Gasteiger partial charge in [0, 0.05) is 50.6 Å². The molecule has 0 bridgehead atoms. The molecule has 0 radical (unpaired) electrons. The third-order valence-electron chi connectivity index (χ3n) is 5.14. The SMILES string of the molecule is Cc1cnc(C(=O)N2CC[C@@H]3[C@@H](CCC(=O)N3CCCCO)C2)[nH]1. The molecule has 2 fully saturated rings. The summed E-state index contributed by atoms with van der Waals surface area (Å²) in [5.74, 6) is 0.907. The molecule has 3 heterocycles. The molecule has 7 heteroatoms. The molecule has 0 spiro atoms. The first-order valence-corrected chi connectivity index (χ1v) is 8.81. The number of H-pyrrole nitrogens is 1. The Bertz CT molecular complexity index is 600. The maximum atomic E-state index is 12.6. The Morgan fingerprint density at radius 2 is 2.25 bits per heavy atom. The molecule has 7 nitrogen and oxygen atoms in total. The molecule has 132 valence electrons. The van der Waals surface area contributed by atoms with Gasteiger partial charge in [0.15, 0.2) is 5.82 Å². The fourth-order valence-corrected chi connectivity index (χ4v) is 3.89. The van der Waals surface area contributed by atoms with Gasteiger partial charge in [0.05, 0.1) is 0 Å². The van der Waals surface area contributed by atoms with Crippen LogP contribution in [0.4, 0.5) is 0 Å². The number of amides is 2. The van der Waals surface area contributed by atoms with Gasteiger partial charge >= 0.3 is 0 Å². The molecule has 2 N–H and O–H groups in total. The van der Waals surface area contributed by atoms with Gasteiger partial charge in [-0.2, -0.15) is 0 Å². The van der Waals surface area contributed by atoms with Crippen molar-refractivity contribution in [3.05, 3.63) is 17.7 Å². The normalized spacial score (nSPS) is 24.2. The van der Waals surface area contributed by atoms with Gasteiger partial charge in [0.2, 0.25) is 5.91 Å². The van der Waals surface area contributed by atoms with E-state index in [0.29, 0.717) is 37.8 Å². The van der Waals surface area contributed by atoms with E-state index in [2.05, 4.69) is 9.97 Å². The molecule has 2 atom stereocenters. The van der Waals surface area contributed by atoms with Crippen LogP contribution in [0, 0.1) is 12.8 Å². The summed E-state index contributed by atoms with van der Waals surface area (Å²) < 4.78 is 0. The number of aliphatic hydroxyl groups is 1. The highest BCUT2D eigenvalue weighted by Crippen LogP contribution is 2.31. The molecule has 2 aliphatic rings. The van der Waals surface area contributed by atoms with Crippen molar-refractivity contribution >= 4 is 11.8 Å². The highest BCUT2D eigenvalue weighted by Gasteiger charge is 2.40. The molecule has 1 aromatic heterocycles. The van der Waals surface area contributed by atoms with E-state index >= 15 is 0 Å². The van der Waals surface area contributed by atoms with Crippen molar-refractivity contribution in [1.82, 2.24) is 19.8 Å². The zero-order valence-electron chi connectivity index (χ0n) is 14.2. The Hall–Kier alpha value is -1.89. The smallest absolute Gasteiger partial charge is 0.289 e. The van der Waals surface area contributed by atoms with E-state index in [0.717, 1.165) is 31.4 Å². The lowest BCUT2D eigenvalue weighted by Gasteiger charge is -2.47. The summed E-state index contributed by atoms with van der Waals surface area (Å²) in [6.07, 6.45) is 5.45. The number of nitrogens with one attached hydrogen (secondary N) is 1. The van der Waals surface area contributed by atoms with Crippen LogP contribution in [0.15, 0.2) is 6.20 Å². The summed E-state index contributed by atoms with van der Waals surface area (Å²) in [5.41, 5.74) is 0.881. The molecule has 3 rings (SSSR count). The number of aryl methyl sites for hydroxylation is 1. The maximum absolute atomic E-state index is 12.6. The molecule has 1 aromatic rings. The molecule has 0 aliphatic carbocycles. The number of likely N-dealkylation sites (tertiary alicyclic amines) is 2. The number of hydrogen-bond acceptors (Lipinski definition) is 4. The number of piperidine rings is 2. The standard InChI is InChI=1S/C17H26N4O3/c1-12-10-18-16(19-12)17(24)20-8-6-14-13(11-20)4-5-15(23)21(14)7-2-3-9-22/h10,13-14,22H,2-9,11H2,1H3,(H,18,19)/t13-,14+/m0/s1. The van der Waals surface area contributed by atoms with Crippen LogP contribution in [-0.4, -0.2) is 69.0 Å². The first-order chi connectivity index (χ1) is 11.6. The molecule has 2 saturated heterocycles. The number of fused-ring (bicyclic) bond motifs is 1. The molecular weight excluding hydrogens is 308 g/mol. The van der Waals surface area contributed by atoms with Gasteiger partial charge in [0.1, 0.15) is 0 Å². The molecular formula is C17H26N4O3. The van der Waals surface area contributed by atoms with E-state index in [1.54, 1.807) is 6.20 Å². The minimum absolute atomic E-state index is 0.0507. The largest absolute Gasteiger partial charge is 0.396 e. The third-order valence-corrected chi connectivity index (χ3v) is 5.14. The van der Waals surface area contributed by atoms with Gasteiger partial charge in [-0.15, -0.1) is 0 Å². The quantitative estimate of drug-likeness (QED) is 0.785. The number of hydrogen-bond donors (Lipinski definition) is 2. The number of rotatable bonds is 5. The third kappa shape index (κ3) is 3.45. The van der Waals surface area contributed by atoms with Gasteiger partial charge in [-0.3, -0.25) is 9.59 Å². The van der Waals surface area contributed by atoms with Crippen molar-refractivity contribution in [2.24, 2.45) is 5.92 Å². The number of aromatic amines is 1. The van der Waals surface area contributed by atoms with Crippen molar-refractivity contribution in [3.63, 3.8) is 0 Å². The van der Waals surface area contributed by atoms with E-state index in [4.69, 9.17) is 5.11 Å². The number of aliphatic hydroxyl groups excluding tert-OH is 1. The molecule has 0 saturated carbocycles. The van der Waals surface area contributed by atoms with Crippen molar-refractivity contribution in [1.29, 1.82) is 0 Å². The van der Waals surface area contributed by atoms with Gasteiger partial charge in [0.25, 0.3) is 5.91 Å². The number of carbonyl (C=O) groups excluding carboxylic acids is 2. The average molecular weight is 334 g/mol. The zero-order chi connectivity index (χ0) is 17.1. The summed E-state index contributed by atoms with van der Waals surface area (Å²) in [5, 5.41) is 8.94. The Kier molecular flexibility index (Phi) is 5.18. The number of imidazole rings is 1.